The third-order valence-electron chi connectivity index (χ3n) is 3.89. The molecule has 1 aromatic carbocycles. The normalized spacial score (nSPS) is 13.3. The number of hydrogen-bond donors (Lipinski definition) is 0. The minimum Gasteiger partial charge on any atom is -0.379 e. The van der Waals surface area contributed by atoms with E-state index >= 15 is 0 Å². The zero-order valence-electron chi connectivity index (χ0n) is 18.3. The second kappa shape index (κ2) is 18.8. The molecule has 0 heterocycles. The molecule has 0 aliphatic carbocycles. The molecule has 0 fully saturated rings. The van der Waals surface area contributed by atoms with E-state index in [1.165, 1.54) is 6.42 Å². The van der Waals surface area contributed by atoms with Crippen LogP contribution in [0.15, 0.2) is 30.3 Å². The van der Waals surface area contributed by atoms with Crippen LogP contribution in [-0.2, 0) is 32.5 Å². The van der Waals surface area contributed by atoms with Gasteiger partial charge >= 0.3 is 7.82 Å². The summed E-state index contributed by atoms with van der Waals surface area (Å²) in [5.74, 6) is 0.410. The van der Waals surface area contributed by atoms with Crippen LogP contribution in [-0.4, -0.2) is 52.9 Å². The molecule has 0 bridgehead atoms. The maximum Gasteiger partial charge on any atom is 0.511 e. The summed E-state index contributed by atoms with van der Waals surface area (Å²) >= 11 is 0. The van der Waals surface area contributed by atoms with Crippen molar-refractivity contribution in [2.24, 2.45) is 0 Å². The molecule has 0 radical (unpaired) electrons. The summed E-state index contributed by atoms with van der Waals surface area (Å²) in [5, 5.41) is 0. The van der Waals surface area contributed by atoms with Crippen molar-refractivity contribution < 1.29 is 37.4 Å². The van der Waals surface area contributed by atoms with Gasteiger partial charge in [-0.2, -0.15) is 0 Å². The molecule has 9 heteroatoms. The van der Waals surface area contributed by atoms with Crippen LogP contribution in [0.2, 0.25) is 0 Å². The molecule has 0 saturated heterocycles. The molecule has 0 amide bonds. The largest absolute Gasteiger partial charge is 0.511 e. The Bertz CT molecular complexity index is 543. The van der Waals surface area contributed by atoms with E-state index in [1.54, 1.807) is 24.3 Å². The highest BCUT2D eigenvalue weighted by Gasteiger charge is 2.29. The first-order chi connectivity index (χ1) is 14.7. The lowest BCUT2D eigenvalue weighted by atomic mass is 10.2. The van der Waals surface area contributed by atoms with Crippen LogP contribution in [0.5, 0.6) is 5.75 Å². The van der Waals surface area contributed by atoms with Gasteiger partial charge in [-0.15, -0.1) is 0 Å². The summed E-state index contributed by atoms with van der Waals surface area (Å²) in [6.07, 6.45) is 5.23. The smallest absolute Gasteiger partial charge is 0.379 e. The lowest BCUT2D eigenvalue weighted by Gasteiger charge is -2.17. The first-order valence-corrected chi connectivity index (χ1v) is 12.2. The van der Waals surface area contributed by atoms with Crippen molar-refractivity contribution in [1.29, 1.82) is 0 Å². The predicted molar refractivity (Wildman–Crippen MR) is 115 cm³/mol. The summed E-state index contributed by atoms with van der Waals surface area (Å²) in [6, 6.07) is 8.77. The predicted octanol–water partition coefficient (Wildman–Crippen LogP) is 5.18. The van der Waals surface area contributed by atoms with Gasteiger partial charge in [-0.1, -0.05) is 55.5 Å². The first kappa shape index (κ1) is 27.0. The molecule has 1 aromatic rings. The van der Waals surface area contributed by atoms with Gasteiger partial charge in [0.2, 0.25) is 0 Å². The maximum absolute atomic E-state index is 12.8. The van der Waals surface area contributed by atoms with Gasteiger partial charge in [0, 0.05) is 6.61 Å². The fraction of sp³-hybridized carbons (Fsp3) is 0.714. The topological polar surface area (TPSA) is 81.7 Å². The van der Waals surface area contributed by atoms with Crippen LogP contribution in [0.4, 0.5) is 0 Å². The van der Waals surface area contributed by atoms with Crippen molar-refractivity contribution in [2.75, 3.05) is 52.9 Å². The van der Waals surface area contributed by atoms with Gasteiger partial charge < -0.3 is 19.1 Å². The Morgan fingerprint density at radius 1 is 0.700 bits per heavy atom. The van der Waals surface area contributed by atoms with Gasteiger partial charge in [-0.25, -0.2) is 4.57 Å². The lowest BCUT2D eigenvalue weighted by Crippen LogP contribution is -2.12. The number of para-hydroxylation sites is 1. The summed E-state index contributed by atoms with van der Waals surface area (Å²) < 4.78 is 44.5. The fourth-order valence-electron chi connectivity index (χ4n) is 2.32. The van der Waals surface area contributed by atoms with E-state index in [2.05, 4.69) is 6.92 Å². The van der Waals surface area contributed by atoms with E-state index in [0.717, 1.165) is 25.7 Å². The molecule has 1 atom stereocenters. The van der Waals surface area contributed by atoms with Gasteiger partial charge in [-0.05, 0) is 25.5 Å². The molecular formula is C21H37O8P. The Morgan fingerprint density at radius 3 is 1.97 bits per heavy atom. The number of phosphoric acid groups is 1. The quantitative estimate of drug-likeness (QED) is 0.110. The Hall–Kier alpha value is -0.990. The zero-order chi connectivity index (χ0) is 21.8. The molecule has 0 aliphatic rings. The van der Waals surface area contributed by atoms with E-state index in [4.69, 9.17) is 32.8 Å². The molecule has 0 aliphatic heterocycles. The van der Waals surface area contributed by atoms with Gasteiger partial charge in [-0.3, -0.25) is 9.05 Å². The average Bonchev–Trinajstić information content (AvgIpc) is 2.77. The van der Waals surface area contributed by atoms with Crippen LogP contribution < -0.4 is 4.89 Å². The third kappa shape index (κ3) is 14.9. The zero-order valence-corrected chi connectivity index (χ0v) is 19.2. The lowest BCUT2D eigenvalue weighted by molar-refractivity contribution is -0.134. The molecular weight excluding hydrogens is 411 g/mol. The molecule has 1 unspecified atom stereocenters. The highest BCUT2D eigenvalue weighted by atomic mass is 31.2. The Labute approximate surface area is 180 Å². The van der Waals surface area contributed by atoms with Crippen molar-refractivity contribution >= 4 is 7.82 Å². The minimum absolute atomic E-state index is 0.0458. The minimum atomic E-state index is -3.86. The second-order valence-electron chi connectivity index (χ2n) is 6.42. The summed E-state index contributed by atoms with van der Waals surface area (Å²) in [6.45, 7) is 7.26. The Kier molecular flexibility index (Phi) is 16.9. The highest BCUT2D eigenvalue weighted by molar-refractivity contribution is 7.48. The number of benzene rings is 1. The van der Waals surface area contributed by atoms with Crippen LogP contribution in [0.25, 0.3) is 0 Å². The maximum atomic E-state index is 12.8. The molecule has 0 saturated carbocycles. The van der Waals surface area contributed by atoms with Gasteiger partial charge in [0.15, 0.2) is 5.75 Å². The van der Waals surface area contributed by atoms with Crippen molar-refractivity contribution in [1.82, 2.24) is 0 Å². The summed E-state index contributed by atoms with van der Waals surface area (Å²) in [4.78, 5) is 5.12. The van der Waals surface area contributed by atoms with Crippen LogP contribution in [0.1, 0.15) is 46.0 Å². The number of ether oxygens (including phenoxy) is 3. The number of hydrogen-bond acceptors (Lipinski definition) is 8. The van der Waals surface area contributed by atoms with Crippen molar-refractivity contribution in [2.45, 2.75) is 46.0 Å². The Morgan fingerprint density at radius 2 is 1.30 bits per heavy atom. The van der Waals surface area contributed by atoms with Crippen molar-refractivity contribution in [3.8, 4) is 5.75 Å². The van der Waals surface area contributed by atoms with Crippen molar-refractivity contribution in [3.05, 3.63) is 30.3 Å². The van der Waals surface area contributed by atoms with Crippen molar-refractivity contribution in [3.63, 3.8) is 0 Å². The van der Waals surface area contributed by atoms with Crippen LogP contribution in [0.3, 0.4) is 0 Å². The molecule has 0 aromatic heterocycles. The first-order valence-electron chi connectivity index (χ1n) is 10.7. The van der Waals surface area contributed by atoms with Crippen LogP contribution >= 0.6 is 7.82 Å². The standard InChI is InChI=1S/C21H37O8P/c1-3-5-6-7-11-14-26-30(22,29-28-21-12-9-8-10-13-21)27-20-19-25-18-17-24-16-15-23-4-2/h8-10,12-13H,3-7,11,14-20H2,1-2H3. The van der Waals surface area contributed by atoms with E-state index in [1.807, 2.05) is 13.0 Å². The molecule has 8 nitrogen and oxygen atoms in total. The van der Waals surface area contributed by atoms with E-state index in [-0.39, 0.29) is 19.8 Å². The molecule has 30 heavy (non-hydrogen) atoms. The summed E-state index contributed by atoms with van der Waals surface area (Å²) in [5.41, 5.74) is 0. The van der Waals surface area contributed by atoms with Gasteiger partial charge in [0.1, 0.15) is 0 Å². The third-order valence-corrected chi connectivity index (χ3v) is 5.15. The fourth-order valence-corrected chi connectivity index (χ4v) is 3.31. The molecule has 0 N–H and O–H groups in total. The molecule has 0 spiro atoms. The average molecular weight is 448 g/mol. The van der Waals surface area contributed by atoms with E-state index in [9.17, 15) is 4.57 Å². The second-order valence-corrected chi connectivity index (χ2v) is 7.98. The monoisotopic (exact) mass is 448 g/mol. The molecule has 174 valence electrons. The number of unbranched alkanes of at least 4 members (excludes halogenated alkanes) is 4. The highest BCUT2D eigenvalue weighted by Crippen LogP contribution is 2.49. The van der Waals surface area contributed by atoms with E-state index < -0.39 is 7.82 Å². The van der Waals surface area contributed by atoms with Crippen LogP contribution in [0, 0.1) is 0 Å². The Balaban J connectivity index is 2.27. The van der Waals surface area contributed by atoms with Gasteiger partial charge in [0.25, 0.3) is 0 Å². The van der Waals surface area contributed by atoms with Gasteiger partial charge in [0.05, 0.1) is 46.2 Å². The van der Waals surface area contributed by atoms with E-state index in [0.29, 0.717) is 38.8 Å². The summed E-state index contributed by atoms with van der Waals surface area (Å²) in [7, 11) is -3.86. The SMILES string of the molecule is CCCCCCCOP(=O)(OCCOCCOCCOCC)OOc1ccccc1. The number of rotatable bonds is 21. The number of phosphoric ester groups is 1. The molecule has 1 rings (SSSR count).